The first-order chi connectivity index (χ1) is 9.29. The number of ether oxygens (including phenoxy) is 1. The van der Waals surface area contributed by atoms with Crippen molar-refractivity contribution < 1.29 is 9.53 Å². The number of carbonyl (C=O) groups excluding carboxylic acids is 1. The Labute approximate surface area is 111 Å². The van der Waals surface area contributed by atoms with Crippen molar-refractivity contribution in [1.29, 1.82) is 5.26 Å². The molecule has 2 atom stereocenters. The Kier molecular flexibility index (Phi) is 3.10. The van der Waals surface area contributed by atoms with Crippen molar-refractivity contribution in [2.24, 2.45) is 0 Å². The summed E-state index contributed by atoms with van der Waals surface area (Å²) in [6.07, 6.45) is 1.17. The van der Waals surface area contributed by atoms with Gasteiger partial charge in [0, 0.05) is 11.6 Å². The molecule has 2 unspecified atom stereocenters. The highest BCUT2D eigenvalue weighted by atomic mass is 16.6. The van der Waals surface area contributed by atoms with Crippen molar-refractivity contribution >= 4 is 11.8 Å². The molecule has 0 saturated carbocycles. The van der Waals surface area contributed by atoms with E-state index in [2.05, 4.69) is 11.4 Å². The lowest BCUT2D eigenvalue weighted by atomic mass is 9.97. The number of piperidine rings is 1. The summed E-state index contributed by atoms with van der Waals surface area (Å²) in [6.45, 7) is 1.08. The highest BCUT2D eigenvalue weighted by Crippen LogP contribution is 2.31. The molecule has 1 fully saturated rings. The second-order valence-electron chi connectivity index (χ2n) is 4.87. The Morgan fingerprint density at radius 2 is 2.26 bits per heavy atom. The van der Waals surface area contributed by atoms with Crippen LogP contribution < -0.4 is 10.2 Å². The van der Waals surface area contributed by atoms with Gasteiger partial charge in [-0.1, -0.05) is 18.2 Å². The van der Waals surface area contributed by atoms with Gasteiger partial charge in [-0.25, -0.2) is 4.79 Å². The number of rotatable bonds is 1. The fourth-order valence-electron chi connectivity index (χ4n) is 2.75. The van der Waals surface area contributed by atoms with Crippen LogP contribution in [0.5, 0.6) is 0 Å². The van der Waals surface area contributed by atoms with E-state index in [1.165, 1.54) is 0 Å². The quantitative estimate of drug-likeness (QED) is 0.833. The first-order valence-electron chi connectivity index (χ1n) is 6.46. The topological polar surface area (TPSA) is 65.4 Å². The summed E-state index contributed by atoms with van der Waals surface area (Å²) in [4.78, 5) is 13.8. The number of cyclic esters (lactones) is 1. The van der Waals surface area contributed by atoms with E-state index in [0.717, 1.165) is 24.2 Å². The molecule has 0 bridgehead atoms. The molecule has 1 N–H and O–H groups in total. The SMILES string of the molecule is N#CC1CC(N2C(=O)OCc3ccccc32)CCN1. The summed E-state index contributed by atoms with van der Waals surface area (Å²) in [7, 11) is 0. The number of anilines is 1. The summed E-state index contributed by atoms with van der Waals surface area (Å²) in [5.74, 6) is 0. The molecular weight excluding hydrogens is 242 g/mol. The van der Waals surface area contributed by atoms with Crippen molar-refractivity contribution in [2.75, 3.05) is 11.4 Å². The zero-order valence-electron chi connectivity index (χ0n) is 10.5. The number of nitriles is 1. The smallest absolute Gasteiger partial charge is 0.414 e. The lowest BCUT2D eigenvalue weighted by molar-refractivity contribution is 0.136. The Morgan fingerprint density at radius 3 is 3.11 bits per heavy atom. The van der Waals surface area contributed by atoms with E-state index in [4.69, 9.17) is 10.00 Å². The third kappa shape index (κ3) is 2.15. The van der Waals surface area contributed by atoms with Crippen LogP contribution >= 0.6 is 0 Å². The average molecular weight is 257 g/mol. The highest BCUT2D eigenvalue weighted by Gasteiger charge is 2.34. The van der Waals surface area contributed by atoms with Gasteiger partial charge in [-0.05, 0) is 25.5 Å². The van der Waals surface area contributed by atoms with Crippen LogP contribution in [0.15, 0.2) is 24.3 Å². The van der Waals surface area contributed by atoms with E-state index in [-0.39, 0.29) is 18.2 Å². The predicted molar refractivity (Wildman–Crippen MR) is 69.5 cm³/mol. The molecule has 1 aromatic carbocycles. The molecule has 0 radical (unpaired) electrons. The van der Waals surface area contributed by atoms with Crippen molar-refractivity contribution in [1.82, 2.24) is 5.32 Å². The molecule has 0 aliphatic carbocycles. The van der Waals surface area contributed by atoms with Gasteiger partial charge in [-0.3, -0.25) is 4.90 Å². The van der Waals surface area contributed by atoms with E-state index >= 15 is 0 Å². The fraction of sp³-hybridized carbons (Fsp3) is 0.429. The Balaban J connectivity index is 1.91. The van der Waals surface area contributed by atoms with E-state index < -0.39 is 0 Å². The van der Waals surface area contributed by atoms with Gasteiger partial charge in [0.25, 0.3) is 0 Å². The number of amides is 1. The molecule has 5 nitrogen and oxygen atoms in total. The van der Waals surface area contributed by atoms with E-state index in [0.29, 0.717) is 13.0 Å². The average Bonchev–Trinajstić information content (AvgIpc) is 2.47. The predicted octanol–water partition coefficient (Wildman–Crippen LogP) is 1.79. The van der Waals surface area contributed by atoms with Crippen LogP contribution in [0.25, 0.3) is 0 Å². The van der Waals surface area contributed by atoms with Gasteiger partial charge in [0.05, 0.1) is 17.8 Å². The van der Waals surface area contributed by atoms with Crippen LogP contribution in [0.2, 0.25) is 0 Å². The minimum absolute atomic E-state index is 0.0276. The first kappa shape index (κ1) is 12.0. The first-order valence-corrected chi connectivity index (χ1v) is 6.46. The standard InChI is InChI=1S/C14H15N3O2/c15-8-11-7-12(5-6-16-11)17-13-4-2-1-3-10(13)9-19-14(17)18/h1-4,11-12,16H,5-7,9H2. The van der Waals surface area contributed by atoms with Crippen LogP contribution in [0, 0.1) is 11.3 Å². The van der Waals surface area contributed by atoms with Gasteiger partial charge in [0.15, 0.2) is 0 Å². The lowest BCUT2D eigenvalue weighted by Crippen LogP contribution is -2.51. The van der Waals surface area contributed by atoms with E-state index in [9.17, 15) is 4.79 Å². The van der Waals surface area contributed by atoms with Crippen LogP contribution in [0.3, 0.4) is 0 Å². The summed E-state index contributed by atoms with van der Waals surface area (Å²) in [5.41, 5.74) is 1.94. The molecule has 98 valence electrons. The Morgan fingerprint density at radius 1 is 1.42 bits per heavy atom. The van der Waals surface area contributed by atoms with Crippen molar-refractivity contribution in [3.05, 3.63) is 29.8 Å². The molecule has 2 aliphatic heterocycles. The zero-order valence-corrected chi connectivity index (χ0v) is 10.5. The van der Waals surface area contributed by atoms with E-state index in [1.807, 2.05) is 24.3 Å². The summed E-state index contributed by atoms with van der Waals surface area (Å²) in [6, 6.07) is 9.83. The summed E-state index contributed by atoms with van der Waals surface area (Å²) in [5, 5.41) is 12.2. The van der Waals surface area contributed by atoms with Crippen LogP contribution in [0.1, 0.15) is 18.4 Å². The van der Waals surface area contributed by atoms with Crippen LogP contribution in [0.4, 0.5) is 10.5 Å². The minimum Gasteiger partial charge on any atom is -0.444 e. The number of hydrogen-bond acceptors (Lipinski definition) is 4. The summed E-state index contributed by atoms with van der Waals surface area (Å²) >= 11 is 0. The number of benzene rings is 1. The molecule has 1 aromatic rings. The Bertz CT molecular complexity index is 538. The van der Waals surface area contributed by atoms with Gasteiger partial charge in [0.1, 0.15) is 6.61 Å². The van der Waals surface area contributed by atoms with Crippen molar-refractivity contribution in [3.63, 3.8) is 0 Å². The van der Waals surface area contributed by atoms with Gasteiger partial charge in [0.2, 0.25) is 0 Å². The number of carbonyl (C=O) groups is 1. The number of fused-ring (bicyclic) bond motifs is 1. The molecule has 1 saturated heterocycles. The minimum atomic E-state index is -0.303. The number of hydrogen-bond donors (Lipinski definition) is 1. The van der Waals surface area contributed by atoms with Gasteiger partial charge < -0.3 is 10.1 Å². The highest BCUT2D eigenvalue weighted by molar-refractivity contribution is 5.91. The number of nitrogens with zero attached hydrogens (tertiary/aromatic N) is 2. The molecule has 5 heteroatoms. The molecule has 1 amide bonds. The van der Waals surface area contributed by atoms with Crippen LogP contribution in [-0.2, 0) is 11.3 Å². The van der Waals surface area contributed by atoms with E-state index in [1.54, 1.807) is 4.90 Å². The third-order valence-electron chi connectivity index (χ3n) is 3.70. The zero-order chi connectivity index (χ0) is 13.2. The maximum absolute atomic E-state index is 12.1. The maximum atomic E-state index is 12.1. The monoisotopic (exact) mass is 257 g/mol. The lowest BCUT2D eigenvalue weighted by Gasteiger charge is -2.38. The maximum Gasteiger partial charge on any atom is 0.414 e. The van der Waals surface area contributed by atoms with Crippen molar-refractivity contribution in [2.45, 2.75) is 31.5 Å². The molecule has 3 rings (SSSR count). The molecule has 2 heterocycles. The molecule has 19 heavy (non-hydrogen) atoms. The van der Waals surface area contributed by atoms with Gasteiger partial charge in [-0.15, -0.1) is 0 Å². The number of nitrogens with one attached hydrogen (secondary N) is 1. The number of para-hydroxylation sites is 1. The fourth-order valence-corrected chi connectivity index (χ4v) is 2.75. The molecule has 2 aliphatic rings. The third-order valence-corrected chi connectivity index (χ3v) is 3.70. The largest absolute Gasteiger partial charge is 0.444 e. The van der Waals surface area contributed by atoms with Crippen molar-refractivity contribution in [3.8, 4) is 6.07 Å². The molecular formula is C14H15N3O2. The second kappa shape index (κ2) is 4.90. The van der Waals surface area contributed by atoms with Gasteiger partial charge in [-0.2, -0.15) is 5.26 Å². The van der Waals surface area contributed by atoms with Crippen LogP contribution in [-0.4, -0.2) is 24.7 Å². The summed E-state index contributed by atoms with van der Waals surface area (Å²) < 4.78 is 5.22. The molecule has 0 aromatic heterocycles. The molecule has 0 spiro atoms. The Hall–Kier alpha value is -2.06. The second-order valence-corrected chi connectivity index (χ2v) is 4.87. The normalized spacial score (nSPS) is 26.3. The van der Waals surface area contributed by atoms with Gasteiger partial charge >= 0.3 is 6.09 Å².